The molecule has 1 saturated heterocycles. The molecule has 0 spiro atoms. The number of carbonyl (C=O) groups excluding carboxylic acids is 1. The van der Waals surface area contributed by atoms with Gasteiger partial charge in [-0.2, -0.15) is 0 Å². The molecule has 5 heteroatoms. The molecule has 1 atom stereocenters. The SMILES string of the molecule is C/C(=C\c1ccco1)CN1CC[C@H](CNC(=O)c2ccoc2C)C1. The van der Waals surface area contributed by atoms with Crippen LogP contribution in [0.2, 0.25) is 0 Å². The number of amides is 1. The van der Waals surface area contributed by atoms with Crippen molar-refractivity contribution in [3.05, 3.63) is 53.4 Å². The minimum absolute atomic E-state index is 0.0476. The Kier molecular flexibility index (Phi) is 5.20. The molecule has 0 unspecified atom stereocenters. The van der Waals surface area contributed by atoms with Crippen LogP contribution in [0, 0.1) is 12.8 Å². The zero-order valence-corrected chi connectivity index (χ0v) is 14.2. The first-order valence-electron chi connectivity index (χ1n) is 8.37. The van der Waals surface area contributed by atoms with Crippen molar-refractivity contribution in [2.75, 3.05) is 26.2 Å². The number of hydrogen-bond donors (Lipinski definition) is 1. The molecular formula is C19H24N2O3. The van der Waals surface area contributed by atoms with Crippen LogP contribution in [0.3, 0.4) is 0 Å². The fraction of sp³-hybridized carbons (Fsp3) is 0.421. The van der Waals surface area contributed by atoms with Gasteiger partial charge in [0.15, 0.2) is 0 Å². The first-order chi connectivity index (χ1) is 11.6. The summed E-state index contributed by atoms with van der Waals surface area (Å²) in [5.74, 6) is 2.01. The maximum atomic E-state index is 12.1. The molecule has 24 heavy (non-hydrogen) atoms. The molecule has 3 heterocycles. The highest BCUT2D eigenvalue weighted by Crippen LogP contribution is 2.18. The third-order valence-electron chi connectivity index (χ3n) is 4.43. The molecule has 1 aliphatic heterocycles. The second kappa shape index (κ2) is 7.53. The highest BCUT2D eigenvalue weighted by Gasteiger charge is 2.23. The zero-order valence-electron chi connectivity index (χ0n) is 14.2. The summed E-state index contributed by atoms with van der Waals surface area (Å²) in [6, 6.07) is 5.58. The second-order valence-electron chi connectivity index (χ2n) is 6.50. The van der Waals surface area contributed by atoms with E-state index in [1.807, 2.05) is 12.1 Å². The third-order valence-corrected chi connectivity index (χ3v) is 4.43. The summed E-state index contributed by atoms with van der Waals surface area (Å²) >= 11 is 0. The Morgan fingerprint density at radius 2 is 2.25 bits per heavy atom. The Bertz CT molecular complexity index is 700. The van der Waals surface area contributed by atoms with Gasteiger partial charge in [-0.3, -0.25) is 9.69 Å². The molecule has 1 amide bonds. The number of rotatable bonds is 6. The third kappa shape index (κ3) is 4.17. The lowest BCUT2D eigenvalue weighted by Crippen LogP contribution is -2.31. The molecule has 2 aromatic heterocycles. The summed E-state index contributed by atoms with van der Waals surface area (Å²) in [5, 5.41) is 3.02. The topological polar surface area (TPSA) is 58.6 Å². The number of nitrogens with one attached hydrogen (secondary N) is 1. The number of furan rings is 2. The normalized spacial score (nSPS) is 18.9. The van der Waals surface area contributed by atoms with Crippen LogP contribution in [0.5, 0.6) is 0 Å². The largest absolute Gasteiger partial charge is 0.469 e. The Hall–Kier alpha value is -2.27. The first-order valence-corrected chi connectivity index (χ1v) is 8.37. The van der Waals surface area contributed by atoms with E-state index in [1.54, 1.807) is 25.5 Å². The van der Waals surface area contributed by atoms with E-state index in [4.69, 9.17) is 8.83 Å². The number of likely N-dealkylation sites (tertiary alicyclic amines) is 1. The van der Waals surface area contributed by atoms with Crippen molar-refractivity contribution in [1.82, 2.24) is 10.2 Å². The summed E-state index contributed by atoms with van der Waals surface area (Å²) in [6.45, 7) is 7.65. The quantitative estimate of drug-likeness (QED) is 0.883. The average molecular weight is 328 g/mol. The van der Waals surface area contributed by atoms with Crippen LogP contribution >= 0.6 is 0 Å². The van der Waals surface area contributed by atoms with Crippen molar-refractivity contribution >= 4 is 12.0 Å². The van der Waals surface area contributed by atoms with Gasteiger partial charge >= 0.3 is 0 Å². The number of carbonyl (C=O) groups is 1. The van der Waals surface area contributed by atoms with Crippen LogP contribution in [-0.2, 0) is 0 Å². The lowest BCUT2D eigenvalue weighted by Gasteiger charge is -2.16. The molecule has 128 valence electrons. The van der Waals surface area contributed by atoms with Gasteiger partial charge in [-0.25, -0.2) is 0 Å². The van der Waals surface area contributed by atoms with Crippen molar-refractivity contribution in [3.63, 3.8) is 0 Å². The van der Waals surface area contributed by atoms with Gasteiger partial charge in [0, 0.05) is 19.6 Å². The van der Waals surface area contributed by atoms with Crippen LogP contribution in [0.25, 0.3) is 6.08 Å². The molecule has 0 bridgehead atoms. The highest BCUT2D eigenvalue weighted by atomic mass is 16.3. The van der Waals surface area contributed by atoms with Gasteiger partial charge in [0.25, 0.3) is 5.91 Å². The first kappa shape index (κ1) is 16.6. The predicted molar refractivity (Wildman–Crippen MR) is 92.7 cm³/mol. The monoisotopic (exact) mass is 328 g/mol. The van der Waals surface area contributed by atoms with Gasteiger partial charge < -0.3 is 14.2 Å². The predicted octanol–water partition coefficient (Wildman–Crippen LogP) is 3.34. The smallest absolute Gasteiger partial charge is 0.254 e. The van der Waals surface area contributed by atoms with E-state index in [0.29, 0.717) is 23.8 Å². The van der Waals surface area contributed by atoms with E-state index >= 15 is 0 Å². The fourth-order valence-corrected chi connectivity index (χ4v) is 3.19. The number of nitrogens with zero attached hydrogens (tertiary/aromatic N) is 1. The van der Waals surface area contributed by atoms with Crippen LogP contribution in [0.4, 0.5) is 0 Å². The van der Waals surface area contributed by atoms with Gasteiger partial charge in [-0.1, -0.05) is 5.57 Å². The maximum Gasteiger partial charge on any atom is 0.254 e. The van der Waals surface area contributed by atoms with Crippen LogP contribution in [0.15, 0.2) is 45.1 Å². The van der Waals surface area contributed by atoms with E-state index < -0.39 is 0 Å². The van der Waals surface area contributed by atoms with Gasteiger partial charge in [-0.15, -0.1) is 0 Å². The molecule has 0 aliphatic carbocycles. The summed E-state index contributed by atoms with van der Waals surface area (Å²) in [4.78, 5) is 14.5. The lowest BCUT2D eigenvalue weighted by molar-refractivity contribution is 0.0946. The standard InChI is InChI=1S/C19H24N2O3/c1-14(10-17-4-3-8-24-17)12-21-7-5-16(13-21)11-20-19(22)18-6-9-23-15(18)2/h3-4,6,8-10,16H,5,7,11-13H2,1-2H3,(H,20,22)/b14-10+/t16-/m1/s1. The van der Waals surface area contributed by atoms with Crippen molar-refractivity contribution < 1.29 is 13.6 Å². The maximum absolute atomic E-state index is 12.1. The molecule has 0 radical (unpaired) electrons. The number of hydrogen-bond acceptors (Lipinski definition) is 4. The van der Waals surface area contributed by atoms with Crippen molar-refractivity contribution in [2.24, 2.45) is 5.92 Å². The Balaban J connectivity index is 1.44. The van der Waals surface area contributed by atoms with E-state index in [-0.39, 0.29) is 5.91 Å². The highest BCUT2D eigenvalue weighted by molar-refractivity contribution is 5.95. The fourth-order valence-electron chi connectivity index (χ4n) is 3.19. The van der Waals surface area contributed by atoms with Crippen LogP contribution < -0.4 is 5.32 Å². The average Bonchev–Trinajstić information content (AvgIpc) is 3.27. The Morgan fingerprint density at radius 3 is 2.96 bits per heavy atom. The number of aryl methyl sites for hydroxylation is 1. The molecule has 1 aliphatic rings. The molecule has 5 nitrogen and oxygen atoms in total. The molecule has 2 aromatic rings. The molecular weight excluding hydrogens is 304 g/mol. The molecule has 0 aromatic carbocycles. The van der Waals surface area contributed by atoms with E-state index in [2.05, 4.69) is 23.2 Å². The van der Waals surface area contributed by atoms with Gasteiger partial charge in [0.1, 0.15) is 11.5 Å². The van der Waals surface area contributed by atoms with Crippen molar-refractivity contribution in [2.45, 2.75) is 20.3 Å². The van der Waals surface area contributed by atoms with Gasteiger partial charge in [0.2, 0.25) is 0 Å². The second-order valence-corrected chi connectivity index (χ2v) is 6.50. The van der Waals surface area contributed by atoms with Gasteiger partial charge in [-0.05, 0) is 57.0 Å². The summed E-state index contributed by atoms with van der Waals surface area (Å²) in [5.41, 5.74) is 1.91. The van der Waals surface area contributed by atoms with Crippen molar-refractivity contribution in [1.29, 1.82) is 0 Å². The van der Waals surface area contributed by atoms with E-state index in [1.165, 1.54) is 5.57 Å². The summed E-state index contributed by atoms with van der Waals surface area (Å²) < 4.78 is 10.5. The van der Waals surface area contributed by atoms with E-state index in [0.717, 1.165) is 31.8 Å². The summed E-state index contributed by atoms with van der Waals surface area (Å²) in [7, 11) is 0. The minimum atomic E-state index is -0.0476. The molecule has 0 saturated carbocycles. The van der Waals surface area contributed by atoms with Crippen LogP contribution in [0.1, 0.15) is 35.2 Å². The molecule has 1 N–H and O–H groups in total. The summed E-state index contributed by atoms with van der Waals surface area (Å²) in [6.07, 6.45) is 6.43. The Morgan fingerprint density at radius 1 is 1.38 bits per heavy atom. The van der Waals surface area contributed by atoms with Gasteiger partial charge in [0.05, 0.1) is 18.1 Å². The van der Waals surface area contributed by atoms with E-state index in [9.17, 15) is 4.79 Å². The van der Waals surface area contributed by atoms with Crippen molar-refractivity contribution in [3.8, 4) is 0 Å². The lowest BCUT2D eigenvalue weighted by atomic mass is 10.1. The Labute approximate surface area is 142 Å². The molecule has 3 rings (SSSR count). The zero-order chi connectivity index (χ0) is 16.9. The van der Waals surface area contributed by atoms with Crippen LogP contribution in [-0.4, -0.2) is 37.0 Å². The minimum Gasteiger partial charge on any atom is -0.469 e. The molecule has 1 fully saturated rings.